The van der Waals surface area contributed by atoms with Crippen LogP contribution in [0.3, 0.4) is 0 Å². The molecule has 1 aromatic heterocycles. The van der Waals surface area contributed by atoms with E-state index in [1.165, 1.54) is 0 Å². The SMILES string of the molecule is CC(C)(C)c1[nH]c(-c2cccc(Cl)c2)nc(=S)c1Br. The Morgan fingerprint density at radius 1 is 1.32 bits per heavy atom. The van der Waals surface area contributed by atoms with Crippen LogP contribution in [0.5, 0.6) is 0 Å². The fourth-order valence-corrected chi connectivity index (χ4v) is 2.91. The zero-order valence-electron chi connectivity index (χ0n) is 10.9. The second-order valence-electron chi connectivity index (χ2n) is 5.34. The van der Waals surface area contributed by atoms with Crippen molar-refractivity contribution in [2.75, 3.05) is 0 Å². The van der Waals surface area contributed by atoms with Crippen LogP contribution in [0, 0.1) is 4.64 Å². The Hall–Kier alpha value is -0.710. The first kappa shape index (κ1) is 14.7. The molecule has 2 nitrogen and oxygen atoms in total. The normalized spacial score (nSPS) is 11.6. The molecule has 0 fully saturated rings. The van der Waals surface area contributed by atoms with E-state index in [4.69, 9.17) is 23.8 Å². The molecule has 0 aliphatic rings. The molecular weight excluding hydrogens is 344 g/mol. The highest BCUT2D eigenvalue weighted by Gasteiger charge is 2.20. The van der Waals surface area contributed by atoms with Gasteiger partial charge in [-0.25, -0.2) is 4.98 Å². The Morgan fingerprint density at radius 3 is 2.58 bits per heavy atom. The molecule has 2 rings (SSSR count). The zero-order chi connectivity index (χ0) is 14.2. The lowest BCUT2D eigenvalue weighted by Crippen LogP contribution is -2.16. The van der Waals surface area contributed by atoms with E-state index in [0.717, 1.165) is 21.6 Å². The fraction of sp³-hybridized carbons (Fsp3) is 0.286. The number of halogens is 2. The van der Waals surface area contributed by atoms with Gasteiger partial charge < -0.3 is 4.98 Å². The lowest BCUT2D eigenvalue weighted by molar-refractivity contribution is 0.563. The van der Waals surface area contributed by atoms with E-state index >= 15 is 0 Å². The van der Waals surface area contributed by atoms with Crippen molar-refractivity contribution in [3.63, 3.8) is 0 Å². The minimum absolute atomic E-state index is 0.0529. The molecule has 0 radical (unpaired) electrons. The van der Waals surface area contributed by atoms with Gasteiger partial charge in [0.05, 0.1) is 4.47 Å². The summed E-state index contributed by atoms with van der Waals surface area (Å²) >= 11 is 14.9. The Bertz CT molecular complexity index is 674. The second kappa shape index (κ2) is 5.35. The van der Waals surface area contributed by atoms with Crippen molar-refractivity contribution < 1.29 is 0 Å². The molecular formula is C14H14BrClN2S. The van der Waals surface area contributed by atoms with Gasteiger partial charge in [0.1, 0.15) is 10.5 Å². The summed E-state index contributed by atoms with van der Waals surface area (Å²) < 4.78 is 1.40. The van der Waals surface area contributed by atoms with Gasteiger partial charge in [-0.15, -0.1) is 0 Å². The van der Waals surface area contributed by atoms with E-state index in [-0.39, 0.29) is 5.41 Å². The van der Waals surface area contributed by atoms with Crippen molar-refractivity contribution in [2.45, 2.75) is 26.2 Å². The first-order valence-electron chi connectivity index (χ1n) is 5.85. The van der Waals surface area contributed by atoms with Gasteiger partial charge in [-0.05, 0) is 28.1 Å². The standard InChI is InChI=1S/C14H14BrClN2S/c1-14(2,3)11-10(15)13(19)18-12(17-11)8-5-4-6-9(16)7-8/h4-7H,1-3H3,(H,17,18,19). The Kier molecular flexibility index (Phi) is 4.14. The van der Waals surface area contributed by atoms with E-state index in [9.17, 15) is 0 Å². The highest BCUT2D eigenvalue weighted by atomic mass is 79.9. The largest absolute Gasteiger partial charge is 0.342 e. The van der Waals surface area contributed by atoms with E-state index in [1.807, 2.05) is 24.3 Å². The fourth-order valence-electron chi connectivity index (χ4n) is 1.75. The number of rotatable bonds is 1. The average Bonchev–Trinajstić information content (AvgIpc) is 2.31. The van der Waals surface area contributed by atoms with Crippen LogP contribution in [0.2, 0.25) is 5.02 Å². The first-order valence-corrected chi connectivity index (χ1v) is 7.43. The second-order valence-corrected chi connectivity index (χ2v) is 6.96. The maximum absolute atomic E-state index is 6.02. The van der Waals surface area contributed by atoms with Crippen LogP contribution in [0.4, 0.5) is 0 Å². The predicted molar refractivity (Wildman–Crippen MR) is 86.3 cm³/mol. The molecule has 0 spiro atoms. The number of hydrogen-bond donors (Lipinski definition) is 1. The number of H-pyrrole nitrogens is 1. The van der Waals surface area contributed by atoms with Crippen LogP contribution in [-0.2, 0) is 5.41 Å². The minimum Gasteiger partial charge on any atom is -0.342 e. The van der Waals surface area contributed by atoms with Gasteiger partial charge in [0.25, 0.3) is 0 Å². The molecule has 2 aromatic rings. The van der Waals surface area contributed by atoms with Crippen molar-refractivity contribution in [1.29, 1.82) is 0 Å². The molecule has 0 bridgehead atoms. The van der Waals surface area contributed by atoms with E-state index in [0.29, 0.717) is 9.66 Å². The summed E-state index contributed by atoms with van der Waals surface area (Å²) in [5, 5.41) is 0.679. The molecule has 1 N–H and O–H groups in total. The molecule has 5 heteroatoms. The van der Waals surface area contributed by atoms with Gasteiger partial charge in [-0.2, -0.15) is 0 Å². The van der Waals surface area contributed by atoms with Crippen molar-refractivity contribution in [2.24, 2.45) is 0 Å². The number of nitrogens with zero attached hydrogens (tertiary/aromatic N) is 1. The third-order valence-electron chi connectivity index (χ3n) is 2.71. The van der Waals surface area contributed by atoms with Crippen LogP contribution < -0.4 is 0 Å². The van der Waals surface area contributed by atoms with E-state index in [1.54, 1.807) is 0 Å². The Labute approximate surface area is 131 Å². The molecule has 0 saturated carbocycles. The lowest BCUT2D eigenvalue weighted by Gasteiger charge is -2.21. The molecule has 0 atom stereocenters. The van der Waals surface area contributed by atoms with Gasteiger partial charge in [0.15, 0.2) is 0 Å². The van der Waals surface area contributed by atoms with Crippen LogP contribution >= 0.6 is 39.7 Å². The Balaban J connectivity index is 2.67. The molecule has 1 aromatic carbocycles. The molecule has 0 amide bonds. The number of aromatic amines is 1. The van der Waals surface area contributed by atoms with Crippen molar-refractivity contribution in [3.8, 4) is 11.4 Å². The summed E-state index contributed by atoms with van der Waals surface area (Å²) in [6.45, 7) is 6.38. The Morgan fingerprint density at radius 2 is 2.00 bits per heavy atom. The van der Waals surface area contributed by atoms with Crippen molar-refractivity contribution in [1.82, 2.24) is 9.97 Å². The molecule has 0 unspecified atom stereocenters. The molecule has 1 heterocycles. The molecule has 0 aliphatic heterocycles. The third-order valence-corrected chi connectivity index (χ3v) is 4.28. The predicted octanol–water partition coefficient (Wildman–Crippen LogP) is 5.52. The summed E-state index contributed by atoms with van der Waals surface area (Å²) in [7, 11) is 0. The van der Waals surface area contributed by atoms with Crippen LogP contribution in [0.25, 0.3) is 11.4 Å². The van der Waals surface area contributed by atoms with E-state index in [2.05, 4.69) is 46.7 Å². The maximum atomic E-state index is 6.02. The zero-order valence-corrected chi connectivity index (χ0v) is 14.1. The molecule has 19 heavy (non-hydrogen) atoms. The summed E-state index contributed by atoms with van der Waals surface area (Å²) in [6, 6.07) is 7.56. The molecule has 0 aliphatic carbocycles. The summed E-state index contributed by atoms with van der Waals surface area (Å²) in [4.78, 5) is 7.77. The highest BCUT2D eigenvalue weighted by molar-refractivity contribution is 9.10. The van der Waals surface area contributed by atoms with Crippen molar-refractivity contribution >= 4 is 39.7 Å². The van der Waals surface area contributed by atoms with Gasteiger partial charge in [-0.1, -0.05) is 56.7 Å². The van der Waals surface area contributed by atoms with E-state index < -0.39 is 0 Å². The number of nitrogens with one attached hydrogen (secondary N) is 1. The third kappa shape index (κ3) is 3.25. The smallest absolute Gasteiger partial charge is 0.144 e. The summed E-state index contributed by atoms with van der Waals surface area (Å²) in [5.41, 5.74) is 1.90. The number of aromatic nitrogens is 2. The van der Waals surface area contributed by atoms with Gasteiger partial charge >= 0.3 is 0 Å². The summed E-state index contributed by atoms with van der Waals surface area (Å²) in [5.74, 6) is 0.737. The maximum Gasteiger partial charge on any atom is 0.144 e. The number of hydrogen-bond acceptors (Lipinski definition) is 2. The lowest BCUT2D eigenvalue weighted by atomic mass is 9.92. The number of benzene rings is 1. The van der Waals surface area contributed by atoms with Gasteiger partial charge in [0.2, 0.25) is 0 Å². The van der Waals surface area contributed by atoms with Crippen LogP contribution in [0.15, 0.2) is 28.7 Å². The first-order chi connectivity index (χ1) is 8.79. The van der Waals surface area contributed by atoms with Crippen LogP contribution in [-0.4, -0.2) is 9.97 Å². The monoisotopic (exact) mass is 356 g/mol. The molecule has 100 valence electrons. The highest BCUT2D eigenvalue weighted by Crippen LogP contribution is 2.30. The summed E-state index contributed by atoms with van der Waals surface area (Å²) in [6.07, 6.45) is 0. The van der Waals surface area contributed by atoms with Crippen LogP contribution in [0.1, 0.15) is 26.5 Å². The minimum atomic E-state index is -0.0529. The molecule has 0 saturated heterocycles. The van der Waals surface area contributed by atoms with Crippen molar-refractivity contribution in [3.05, 3.63) is 44.1 Å². The topological polar surface area (TPSA) is 28.7 Å². The van der Waals surface area contributed by atoms with Gasteiger partial charge in [-0.3, -0.25) is 0 Å². The van der Waals surface area contributed by atoms with Gasteiger partial charge in [0, 0.05) is 21.7 Å². The quantitative estimate of drug-likeness (QED) is 0.681. The average molecular weight is 358 g/mol.